The van der Waals surface area contributed by atoms with Crippen LogP contribution in [-0.2, 0) is 12.7 Å². The van der Waals surface area contributed by atoms with Crippen LogP contribution in [0.3, 0.4) is 0 Å². The lowest BCUT2D eigenvalue weighted by Gasteiger charge is -2.56. The molecule has 6 aliphatic rings. The van der Waals surface area contributed by atoms with E-state index in [4.69, 9.17) is 0 Å². The first-order valence-corrected chi connectivity index (χ1v) is 11.8. The molecule has 0 aromatic carbocycles. The van der Waals surface area contributed by atoms with Crippen LogP contribution in [0.5, 0.6) is 0 Å². The van der Waals surface area contributed by atoms with Gasteiger partial charge >= 0.3 is 6.18 Å². The molecule has 6 aliphatic carbocycles. The molecule has 0 amide bonds. The number of nitrogens with zero attached hydrogens (tertiary/aromatic N) is 2. The average Bonchev–Trinajstić information content (AvgIpc) is 3.28. The maximum Gasteiger partial charge on any atom is 0.433 e. The van der Waals surface area contributed by atoms with Gasteiger partial charge in [0.15, 0.2) is 5.69 Å². The number of hydrogen-bond acceptors (Lipinski definition) is 4. The van der Waals surface area contributed by atoms with E-state index in [1.54, 1.807) is 0 Å². The van der Waals surface area contributed by atoms with Crippen molar-refractivity contribution in [2.24, 2.45) is 29.6 Å². The summed E-state index contributed by atoms with van der Waals surface area (Å²) in [6.45, 7) is 0.195. The summed E-state index contributed by atoms with van der Waals surface area (Å²) in [5.74, 6) is 3.70. The van der Waals surface area contributed by atoms with E-state index in [0.29, 0.717) is 12.0 Å². The molecule has 6 bridgehead atoms. The third-order valence-electron chi connectivity index (χ3n) is 8.84. The van der Waals surface area contributed by atoms with Gasteiger partial charge in [-0.25, -0.2) is 9.97 Å². The second kappa shape index (κ2) is 6.81. The van der Waals surface area contributed by atoms with Gasteiger partial charge in [-0.05, 0) is 87.4 Å². The van der Waals surface area contributed by atoms with E-state index in [0.717, 1.165) is 49.4 Å². The van der Waals surface area contributed by atoms with Crippen molar-refractivity contribution in [3.05, 3.63) is 17.5 Å². The average molecular weight is 421 g/mol. The van der Waals surface area contributed by atoms with Gasteiger partial charge in [0.2, 0.25) is 5.95 Å². The molecule has 0 spiro atoms. The largest absolute Gasteiger partial charge is 0.433 e. The second-order valence-electron chi connectivity index (χ2n) is 11.1. The van der Waals surface area contributed by atoms with Crippen LogP contribution in [0.15, 0.2) is 6.20 Å². The number of alkyl halides is 3. The molecule has 6 saturated carbocycles. The van der Waals surface area contributed by atoms with Gasteiger partial charge in [0.05, 0.1) is 0 Å². The smallest absolute Gasteiger partial charge is 0.349 e. The summed E-state index contributed by atoms with van der Waals surface area (Å²) < 4.78 is 41.5. The van der Waals surface area contributed by atoms with Crippen LogP contribution in [0.4, 0.5) is 19.1 Å². The van der Waals surface area contributed by atoms with Crippen LogP contribution < -0.4 is 10.6 Å². The van der Waals surface area contributed by atoms with Crippen molar-refractivity contribution in [2.45, 2.75) is 88.5 Å². The van der Waals surface area contributed by atoms with E-state index in [-0.39, 0.29) is 23.6 Å². The summed E-state index contributed by atoms with van der Waals surface area (Å²) in [7, 11) is 0. The second-order valence-corrected chi connectivity index (χ2v) is 11.1. The third-order valence-corrected chi connectivity index (χ3v) is 8.84. The summed E-state index contributed by atoms with van der Waals surface area (Å²) in [6.07, 6.45) is 8.79. The predicted molar refractivity (Wildman–Crippen MR) is 108 cm³/mol. The number of fused-ring (bicyclic) bond motifs is 2. The highest BCUT2D eigenvalue weighted by Crippen LogP contribution is 2.56. The number of halogens is 3. The van der Waals surface area contributed by atoms with Crippen molar-refractivity contribution in [3.63, 3.8) is 0 Å². The number of rotatable bonds is 5. The Labute approximate surface area is 175 Å². The van der Waals surface area contributed by atoms with Gasteiger partial charge in [-0.1, -0.05) is 6.42 Å². The van der Waals surface area contributed by atoms with Gasteiger partial charge in [-0.3, -0.25) is 0 Å². The van der Waals surface area contributed by atoms with Crippen molar-refractivity contribution in [1.82, 2.24) is 15.3 Å². The lowest BCUT2D eigenvalue weighted by Crippen LogP contribution is -2.55. The molecule has 6 fully saturated rings. The molecular formula is C23H31F3N4. The Kier molecular flexibility index (Phi) is 4.39. The van der Waals surface area contributed by atoms with Gasteiger partial charge in [0.1, 0.15) is 0 Å². The first-order valence-electron chi connectivity index (χ1n) is 11.8. The monoisotopic (exact) mass is 420 g/mol. The van der Waals surface area contributed by atoms with E-state index >= 15 is 0 Å². The van der Waals surface area contributed by atoms with Crippen molar-refractivity contribution in [1.29, 1.82) is 0 Å². The zero-order chi connectivity index (χ0) is 20.5. The minimum atomic E-state index is -4.47. The molecule has 1 aromatic rings. The minimum Gasteiger partial charge on any atom is -0.349 e. The fraction of sp³-hybridized carbons (Fsp3) is 0.826. The van der Waals surface area contributed by atoms with Gasteiger partial charge in [-0.2, -0.15) is 13.2 Å². The molecule has 3 unspecified atom stereocenters. The fourth-order valence-electron chi connectivity index (χ4n) is 8.08. The standard InChI is InChI=1S/C23H31F3N4/c24-23(25,26)20-18(11-27-19-7-13-1-2-17(19)6-13)12-28-21(29-20)30-22-8-14-3-15(9-22)5-16(4-14)10-22/h12-17,19,27H,1-11H2,(H,28,29,30). The van der Waals surface area contributed by atoms with Crippen molar-refractivity contribution < 1.29 is 13.2 Å². The van der Waals surface area contributed by atoms with E-state index in [1.807, 2.05) is 0 Å². The number of anilines is 1. The summed E-state index contributed by atoms with van der Waals surface area (Å²) in [4.78, 5) is 8.39. The third kappa shape index (κ3) is 3.41. The van der Waals surface area contributed by atoms with E-state index < -0.39 is 11.9 Å². The highest BCUT2D eigenvalue weighted by Gasteiger charge is 2.51. The zero-order valence-electron chi connectivity index (χ0n) is 17.3. The molecule has 0 radical (unpaired) electrons. The molecule has 0 saturated heterocycles. The Morgan fingerprint density at radius 3 is 2.20 bits per heavy atom. The van der Waals surface area contributed by atoms with Crippen LogP contribution in [0.25, 0.3) is 0 Å². The van der Waals surface area contributed by atoms with E-state index in [9.17, 15) is 13.2 Å². The van der Waals surface area contributed by atoms with Crippen LogP contribution in [0.1, 0.15) is 75.5 Å². The summed E-state index contributed by atoms with van der Waals surface area (Å²) >= 11 is 0. The highest BCUT2D eigenvalue weighted by atomic mass is 19.4. The predicted octanol–water partition coefficient (Wildman–Crippen LogP) is 5.15. The van der Waals surface area contributed by atoms with Crippen molar-refractivity contribution in [2.75, 3.05) is 5.32 Å². The van der Waals surface area contributed by atoms with Gasteiger partial charge in [0.25, 0.3) is 0 Å². The van der Waals surface area contributed by atoms with Crippen molar-refractivity contribution >= 4 is 5.95 Å². The maximum absolute atomic E-state index is 13.8. The Morgan fingerprint density at radius 1 is 0.933 bits per heavy atom. The topological polar surface area (TPSA) is 49.8 Å². The van der Waals surface area contributed by atoms with Crippen molar-refractivity contribution in [3.8, 4) is 0 Å². The number of hydrogen-bond donors (Lipinski definition) is 2. The van der Waals surface area contributed by atoms with Gasteiger partial charge in [0, 0.05) is 29.9 Å². The Balaban J connectivity index is 1.20. The van der Waals surface area contributed by atoms with Crippen LogP contribution in [-0.4, -0.2) is 21.5 Å². The lowest BCUT2D eigenvalue weighted by atomic mass is 9.53. The number of nitrogens with one attached hydrogen (secondary N) is 2. The number of aromatic nitrogens is 2. The van der Waals surface area contributed by atoms with Crippen LogP contribution >= 0.6 is 0 Å². The van der Waals surface area contributed by atoms with Gasteiger partial charge < -0.3 is 10.6 Å². The summed E-state index contributed by atoms with van der Waals surface area (Å²) in [6, 6.07) is 0.342. The SMILES string of the molecule is FC(F)(F)c1nc(NC23CC4CC(CC(C4)C2)C3)ncc1CNC1CC2CCC1C2. The first-order chi connectivity index (χ1) is 14.4. The summed E-state index contributed by atoms with van der Waals surface area (Å²) in [5.41, 5.74) is -0.706. The molecule has 1 aromatic heterocycles. The first kappa shape index (κ1) is 19.3. The Morgan fingerprint density at radius 2 is 1.63 bits per heavy atom. The molecule has 7 heteroatoms. The Bertz CT molecular complexity index is 788. The molecule has 164 valence electrons. The molecular weight excluding hydrogens is 389 g/mol. The quantitative estimate of drug-likeness (QED) is 0.691. The Hall–Kier alpha value is -1.37. The molecule has 1 heterocycles. The zero-order valence-corrected chi connectivity index (χ0v) is 17.3. The molecule has 0 aliphatic heterocycles. The van der Waals surface area contributed by atoms with E-state index in [1.165, 1.54) is 44.7 Å². The summed E-state index contributed by atoms with van der Waals surface area (Å²) in [5, 5.41) is 6.79. The fourth-order valence-corrected chi connectivity index (χ4v) is 8.08. The lowest BCUT2D eigenvalue weighted by molar-refractivity contribution is -0.141. The molecule has 4 nitrogen and oxygen atoms in total. The highest BCUT2D eigenvalue weighted by molar-refractivity contribution is 5.36. The normalized spacial score (nSPS) is 41.6. The minimum absolute atomic E-state index is 0.0968. The van der Waals surface area contributed by atoms with Crippen LogP contribution in [0.2, 0.25) is 0 Å². The van der Waals surface area contributed by atoms with Gasteiger partial charge in [-0.15, -0.1) is 0 Å². The van der Waals surface area contributed by atoms with Crippen LogP contribution in [0, 0.1) is 29.6 Å². The van der Waals surface area contributed by atoms with E-state index in [2.05, 4.69) is 20.6 Å². The molecule has 2 N–H and O–H groups in total. The molecule has 3 atom stereocenters. The maximum atomic E-state index is 13.8. The molecule has 7 rings (SSSR count). The molecule has 30 heavy (non-hydrogen) atoms.